The molecule has 0 atom stereocenters. The van der Waals surface area contributed by atoms with E-state index in [4.69, 9.17) is 33.2 Å². The normalized spacial score (nSPS) is 10.4. The van der Waals surface area contributed by atoms with Crippen molar-refractivity contribution in [3.05, 3.63) is 102 Å². The van der Waals surface area contributed by atoms with Gasteiger partial charge in [-0.25, -0.2) is 19.2 Å². The molecule has 0 amide bonds. The number of carbonyl (C=O) groups excluding carboxylic acids is 4. The summed E-state index contributed by atoms with van der Waals surface area (Å²) >= 11 is 0. The number of aryl methyl sites for hydroxylation is 3. The molecule has 0 heterocycles. The number of unbranched alkanes of at least 4 members (excludes halogenated alkanes) is 2. The Kier molecular flexibility index (Phi) is 14.9. The van der Waals surface area contributed by atoms with E-state index in [-0.39, 0.29) is 30.5 Å². The molecule has 3 aromatic rings. The maximum Gasteiger partial charge on any atom is 0.343 e. The highest BCUT2D eigenvalue weighted by Gasteiger charge is 2.18. The largest absolute Gasteiger partial charge is 0.493 e. The molecule has 0 fully saturated rings. The predicted molar refractivity (Wildman–Crippen MR) is 182 cm³/mol. The van der Waals surface area contributed by atoms with Gasteiger partial charge < -0.3 is 33.2 Å². The van der Waals surface area contributed by atoms with Crippen LogP contribution < -0.4 is 23.7 Å². The van der Waals surface area contributed by atoms with Crippen molar-refractivity contribution in [1.29, 1.82) is 0 Å². The van der Waals surface area contributed by atoms with Gasteiger partial charge in [0, 0.05) is 18.2 Å². The summed E-state index contributed by atoms with van der Waals surface area (Å²) in [6.07, 6.45) is 4.90. The van der Waals surface area contributed by atoms with Crippen LogP contribution in [0.15, 0.2) is 73.8 Å². The van der Waals surface area contributed by atoms with E-state index in [0.29, 0.717) is 61.5 Å². The number of rotatable bonds is 19. The molecule has 49 heavy (non-hydrogen) atoms. The first-order valence-electron chi connectivity index (χ1n) is 15.7. The molecule has 0 spiro atoms. The van der Waals surface area contributed by atoms with Crippen molar-refractivity contribution in [3.63, 3.8) is 0 Å². The van der Waals surface area contributed by atoms with Gasteiger partial charge >= 0.3 is 23.9 Å². The van der Waals surface area contributed by atoms with Gasteiger partial charge in [0.25, 0.3) is 0 Å². The summed E-state index contributed by atoms with van der Waals surface area (Å²) in [5.74, 6) is -0.257. The van der Waals surface area contributed by atoms with E-state index in [1.807, 2.05) is 20.8 Å². The number of hydrogen-bond acceptors (Lipinski definition) is 11. The molecule has 0 radical (unpaired) electrons. The molecule has 0 saturated heterocycles. The second-order valence-corrected chi connectivity index (χ2v) is 10.9. The van der Waals surface area contributed by atoms with Gasteiger partial charge in [-0.15, -0.1) is 0 Å². The lowest BCUT2D eigenvalue weighted by atomic mass is 10.1. The Balaban J connectivity index is 1.55. The van der Waals surface area contributed by atoms with E-state index in [9.17, 15) is 19.2 Å². The van der Waals surface area contributed by atoms with E-state index in [1.165, 1.54) is 25.3 Å². The molecular weight excluding hydrogens is 632 g/mol. The molecule has 3 rings (SSSR count). The van der Waals surface area contributed by atoms with Crippen LogP contribution in [0.2, 0.25) is 0 Å². The summed E-state index contributed by atoms with van der Waals surface area (Å²) < 4.78 is 38.2. The van der Waals surface area contributed by atoms with Crippen molar-refractivity contribution in [3.8, 4) is 28.7 Å². The lowest BCUT2D eigenvalue weighted by Crippen LogP contribution is -2.12. The van der Waals surface area contributed by atoms with E-state index in [2.05, 4.69) is 13.2 Å². The van der Waals surface area contributed by atoms with Gasteiger partial charge in [0.15, 0.2) is 11.5 Å². The minimum Gasteiger partial charge on any atom is -0.493 e. The van der Waals surface area contributed by atoms with Crippen molar-refractivity contribution in [2.24, 2.45) is 0 Å². The first-order valence-corrected chi connectivity index (χ1v) is 15.7. The van der Waals surface area contributed by atoms with E-state index < -0.39 is 23.9 Å². The number of methoxy groups -OCH3 is 1. The van der Waals surface area contributed by atoms with Crippen molar-refractivity contribution < 1.29 is 52.3 Å². The Morgan fingerprint density at radius 1 is 0.592 bits per heavy atom. The quantitative estimate of drug-likeness (QED) is 0.0573. The molecule has 0 bridgehead atoms. The van der Waals surface area contributed by atoms with Crippen molar-refractivity contribution in [1.82, 2.24) is 0 Å². The Hall–Kier alpha value is -5.58. The zero-order valence-electron chi connectivity index (χ0n) is 28.3. The number of benzene rings is 3. The summed E-state index contributed by atoms with van der Waals surface area (Å²) in [7, 11) is 1.41. The summed E-state index contributed by atoms with van der Waals surface area (Å²) in [6, 6.07) is 12.8. The highest BCUT2D eigenvalue weighted by molar-refractivity contribution is 5.93. The van der Waals surface area contributed by atoms with Gasteiger partial charge in [-0.1, -0.05) is 13.2 Å². The summed E-state index contributed by atoms with van der Waals surface area (Å²) in [5, 5.41) is 0. The van der Waals surface area contributed by atoms with E-state index in [0.717, 1.165) is 28.8 Å². The summed E-state index contributed by atoms with van der Waals surface area (Å²) in [5.41, 5.74) is 2.92. The van der Waals surface area contributed by atoms with Crippen LogP contribution in [0.4, 0.5) is 0 Å². The molecule has 0 aromatic heterocycles. The van der Waals surface area contributed by atoms with E-state index in [1.54, 1.807) is 30.3 Å². The van der Waals surface area contributed by atoms with Gasteiger partial charge in [0.05, 0.1) is 44.7 Å². The average molecular weight is 675 g/mol. The monoisotopic (exact) mass is 674 g/mol. The second-order valence-electron chi connectivity index (χ2n) is 10.9. The number of ether oxygens (including phenoxy) is 7. The van der Waals surface area contributed by atoms with Crippen LogP contribution in [0.1, 0.15) is 63.1 Å². The zero-order valence-corrected chi connectivity index (χ0v) is 28.3. The molecule has 11 heteroatoms. The highest BCUT2D eigenvalue weighted by atomic mass is 16.6. The lowest BCUT2D eigenvalue weighted by Gasteiger charge is -2.15. The maximum absolute atomic E-state index is 13.1. The molecule has 0 N–H and O–H groups in total. The SMILES string of the molecule is C=CC(=O)OCCCCOc1ccc(C(=O)Oc2ccc(OC(=O)c3cc(C)c(OCCCCOC(=O)C=C)c(C)c3)c(OC)c2)cc1C. The molecular formula is C38H42O11. The minimum absolute atomic E-state index is 0.149. The Bertz CT molecular complexity index is 1630. The van der Waals surface area contributed by atoms with Crippen molar-refractivity contribution >= 4 is 23.9 Å². The van der Waals surface area contributed by atoms with Gasteiger partial charge in [-0.05, 0) is 106 Å². The topological polar surface area (TPSA) is 133 Å². The maximum atomic E-state index is 13.1. The Morgan fingerprint density at radius 3 is 1.69 bits per heavy atom. The van der Waals surface area contributed by atoms with Gasteiger partial charge in [0.2, 0.25) is 0 Å². The summed E-state index contributed by atoms with van der Waals surface area (Å²) in [6.45, 7) is 13.6. The summed E-state index contributed by atoms with van der Waals surface area (Å²) in [4.78, 5) is 48.2. The highest BCUT2D eigenvalue weighted by Crippen LogP contribution is 2.33. The smallest absolute Gasteiger partial charge is 0.343 e. The van der Waals surface area contributed by atoms with Gasteiger partial charge in [0.1, 0.15) is 17.2 Å². The molecule has 3 aromatic carbocycles. The van der Waals surface area contributed by atoms with Crippen LogP contribution in [0.25, 0.3) is 0 Å². The van der Waals surface area contributed by atoms with E-state index >= 15 is 0 Å². The fraction of sp³-hybridized carbons (Fsp3) is 0.316. The lowest BCUT2D eigenvalue weighted by molar-refractivity contribution is -0.138. The minimum atomic E-state index is -0.598. The zero-order chi connectivity index (χ0) is 35.8. The fourth-order valence-electron chi connectivity index (χ4n) is 4.58. The third kappa shape index (κ3) is 11.9. The molecule has 0 aliphatic rings. The first kappa shape index (κ1) is 37.9. The average Bonchev–Trinajstić information content (AvgIpc) is 3.09. The number of carbonyl (C=O) groups is 4. The molecule has 11 nitrogen and oxygen atoms in total. The number of hydrogen-bond donors (Lipinski definition) is 0. The molecule has 0 saturated carbocycles. The Morgan fingerprint density at radius 2 is 1.12 bits per heavy atom. The van der Waals surface area contributed by atoms with Crippen molar-refractivity contribution in [2.45, 2.75) is 46.5 Å². The van der Waals surface area contributed by atoms with Crippen LogP contribution in [0.5, 0.6) is 28.7 Å². The van der Waals surface area contributed by atoms with Crippen LogP contribution in [0, 0.1) is 20.8 Å². The molecule has 0 aliphatic carbocycles. The van der Waals surface area contributed by atoms with Crippen molar-refractivity contribution in [2.75, 3.05) is 33.5 Å². The molecule has 260 valence electrons. The van der Waals surface area contributed by atoms with Gasteiger partial charge in [-0.3, -0.25) is 0 Å². The third-order valence-corrected chi connectivity index (χ3v) is 7.06. The van der Waals surface area contributed by atoms with Gasteiger partial charge in [-0.2, -0.15) is 0 Å². The molecule has 0 aliphatic heterocycles. The third-order valence-electron chi connectivity index (χ3n) is 7.06. The van der Waals surface area contributed by atoms with Crippen LogP contribution >= 0.6 is 0 Å². The fourth-order valence-corrected chi connectivity index (χ4v) is 4.58. The van der Waals surface area contributed by atoms with Crippen LogP contribution in [-0.4, -0.2) is 57.4 Å². The Labute approximate surface area is 286 Å². The first-order chi connectivity index (χ1) is 23.6. The van der Waals surface area contributed by atoms with Crippen LogP contribution in [-0.2, 0) is 19.1 Å². The molecule has 0 unspecified atom stereocenters. The standard InChI is InChI=1S/C38H42O11/c1-7-34(39)45-18-10-9-17-44-31-15-13-28(21-25(31)3)37(41)48-30-14-16-32(33(24-30)43-6)49-38(42)29-22-26(4)36(27(5)23-29)47-20-12-11-19-46-35(40)8-2/h7-8,13-16,21-24H,1-2,9-12,17-20H2,3-6H3. The predicted octanol–water partition coefficient (Wildman–Crippen LogP) is 6.84. The second kappa shape index (κ2) is 19.3. The van der Waals surface area contributed by atoms with Crippen LogP contribution in [0.3, 0.4) is 0 Å². The number of esters is 4.